The van der Waals surface area contributed by atoms with Crippen molar-refractivity contribution in [2.75, 3.05) is 0 Å². The normalized spacial score (nSPS) is 11.5. The summed E-state index contributed by atoms with van der Waals surface area (Å²) >= 11 is 0. The smallest absolute Gasteiger partial charge is 0.408 e. The number of amides is 1. The van der Waals surface area contributed by atoms with Crippen molar-refractivity contribution in [3.63, 3.8) is 0 Å². The molecule has 0 spiro atoms. The van der Waals surface area contributed by atoms with Crippen molar-refractivity contribution in [1.29, 1.82) is 0 Å². The molecule has 0 bridgehead atoms. The lowest BCUT2D eigenvalue weighted by Crippen LogP contribution is -2.40. The van der Waals surface area contributed by atoms with E-state index in [2.05, 4.69) is 5.32 Å². The van der Waals surface area contributed by atoms with Gasteiger partial charge in [-0.1, -0.05) is 19.8 Å². The molecule has 1 aromatic rings. The molecule has 1 rings (SSSR count). The molecule has 0 aliphatic carbocycles. The minimum absolute atomic E-state index is 0.0568. The number of unbranched alkanes of at least 4 members (excludes halogenated alkanes) is 1. The van der Waals surface area contributed by atoms with Gasteiger partial charge in [-0.2, -0.15) is 0 Å². The molecule has 0 fully saturated rings. The average Bonchev–Trinajstić information content (AvgIpc) is 2.49. The second-order valence-electron chi connectivity index (χ2n) is 4.68. The minimum atomic E-state index is -1.11. The van der Waals surface area contributed by atoms with E-state index in [4.69, 9.17) is 9.84 Å². The zero-order valence-electron chi connectivity index (χ0n) is 12.2. The number of nitro groups is 1. The lowest BCUT2D eigenvalue weighted by molar-refractivity contribution is -0.384. The molecule has 1 aromatic carbocycles. The van der Waals surface area contributed by atoms with Crippen LogP contribution in [0.15, 0.2) is 24.3 Å². The summed E-state index contributed by atoms with van der Waals surface area (Å²) in [7, 11) is 0. The molecule has 0 radical (unpaired) electrons. The minimum Gasteiger partial charge on any atom is -0.480 e. The third-order valence-electron chi connectivity index (χ3n) is 2.95. The number of nitro benzene ring substituents is 1. The maximum Gasteiger partial charge on any atom is 0.408 e. The van der Waals surface area contributed by atoms with E-state index in [1.165, 1.54) is 24.3 Å². The van der Waals surface area contributed by atoms with Crippen LogP contribution in [0.5, 0.6) is 0 Å². The Kier molecular flexibility index (Phi) is 6.81. The van der Waals surface area contributed by atoms with Crippen LogP contribution in [0.1, 0.15) is 31.7 Å². The summed E-state index contributed by atoms with van der Waals surface area (Å²) in [4.78, 5) is 32.5. The van der Waals surface area contributed by atoms with Crippen molar-refractivity contribution in [3.8, 4) is 0 Å². The highest BCUT2D eigenvalue weighted by Gasteiger charge is 2.19. The second kappa shape index (κ2) is 8.60. The molecule has 0 saturated heterocycles. The molecule has 8 heteroatoms. The highest BCUT2D eigenvalue weighted by molar-refractivity contribution is 5.79. The first-order valence-electron chi connectivity index (χ1n) is 6.83. The number of carboxylic acid groups (broad SMARTS) is 1. The number of aliphatic carboxylic acids is 1. The molecule has 8 nitrogen and oxygen atoms in total. The first-order valence-corrected chi connectivity index (χ1v) is 6.83. The van der Waals surface area contributed by atoms with Crippen LogP contribution in [0.4, 0.5) is 10.5 Å². The third kappa shape index (κ3) is 5.78. The fourth-order valence-corrected chi connectivity index (χ4v) is 1.71. The summed E-state index contributed by atoms with van der Waals surface area (Å²) in [6.45, 7) is 1.83. The Morgan fingerprint density at radius 1 is 1.36 bits per heavy atom. The summed E-state index contributed by atoms with van der Waals surface area (Å²) in [5.41, 5.74) is 0.514. The molecular weight excluding hydrogens is 292 g/mol. The fourth-order valence-electron chi connectivity index (χ4n) is 1.71. The predicted octanol–water partition coefficient (Wildman–Crippen LogP) is 2.46. The van der Waals surface area contributed by atoms with Gasteiger partial charge < -0.3 is 15.2 Å². The van der Waals surface area contributed by atoms with E-state index in [9.17, 15) is 19.7 Å². The lowest BCUT2D eigenvalue weighted by atomic mass is 10.1. The fraction of sp³-hybridized carbons (Fsp3) is 0.429. The van der Waals surface area contributed by atoms with Crippen LogP contribution < -0.4 is 5.32 Å². The van der Waals surface area contributed by atoms with Gasteiger partial charge in [0.05, 0.1) is 4.92 Å². The topological polar surface area (TPSA) is 119 Å². The van der Waals surface area contributed by atoms with Gasteiger partial charge in [0.15, 0.2) is 0 Å². The lowest BCUT2D eigenvalue weighted by Gasteiger charge is -2.14. The summed E-state index contributed by atoms with van der Waals surface area (Å²) < 4.78 is 4.91. The first kappa shape index (κ1) is 17.4. The van der Waals surface area contributed by atoms with Crippen molar-refractivity contribution in [1.82, 2.24) is 5.32 Å². The van der Waals surface area contributed by atoms with Crippen LogP contribution in [-0.4, -0.2) is 28.1 Å². The van der Waals surface area contributed by atoms with Gasteiger partial charge in [0.25, 0.3) is 5.69 Å². The average molecular weight is 310 g/mol. The number of rotatable bonds is 8. The van der Waals surface area contributed by atoms with E-state index in [-0.39, 0.29) is 12.3 Å². The monoisotopic (exact) mass is 310 g/mol. The SMILES string of the molecule is CCCC[C@@H](NC(=O)OCc1ccc([N+](=O)[O-])cc1)C(=O)O. The number of ether oxygens (including phenoxy) is 1. The van der Waals surface area contributed by atoms with E-state index in [0.717, 1.165) is 6.42 Å². The van der Waals surface area contributed by atoms with Gasteiger partial charge in [-0.25, -0.2) is 9.59 Å². The van der Waals surface area contributed by atoms with Crippen LogP contribution in [-0.2, 0) is 16.1 Å². The second-order valence-corrected chi connectivity index (χ2v) is 4.68. The van der Waals surface area contributed by atoms with Crippen molar-refractivity contribution < 1.29 is 24.4 Å². The quantitative estimate of drug-likeness (QED) is 0.562. The summed E-state index contributed by atoms with van der Waals surface area (Å²) in [5, 5.41) is 21.8. The Labute approximate surface area is 127 Å². The van der Waals surface area contributed by atoms with E-state index in [1.807, 2.05) is 6.92 Å². The number of carbonyl (C=O) groups is 2. The Hall–Kier alpha value is -2.64. The highest BCUT2D eigenvalue weighted by atomic mass is 16.6. The molecule has 2 N–H and O–H groups in total. The van der Waals surface area contributed by atoms with Crippen molar-refractivity contribution in [2.45, 2.75) is 38.8 Å². The molecule has 0 aromatic heterocycles. The van der Waals surface area contributed by atoms with E-state index >= 15 is 0 Å². The molecule has 0 heterocycles. The van der Waals surface area contributed by atoms with Crippen LogP contribution >= 0.6 is 0 Å². The third-order valence-corrected chi connectivity index (χ3v) is 2.95. The van der Waals surface area contributed by atoms with Crippen LogP contribution in [0, 0.1) is 10.1 Å². The molecule has 1 atom stereocenters. The Morgan fingerprint density at radius 2 is 2.00 bits per heavy atom. The number of nitrogens with one attached hydrogen (secondary N) is 1. The van der Waals surface area contributed by atoms with Gasteiger partial charge >= 0.3 is 12.1 Å². The van der Waals surface area contributed by atoms with E-state index in [0.29, 0.717) is 18.4 Å². The Bertz CT molecular complexity index is 529. The number of non-ortho nitro benzene ring substituents is 1. The van der Waals surface area contributed by atoms with Crippen molar-refractivity contribution >= 4 is 17.7 Å². The zero-order chi connectivity index (χ0) is 16.5. The number of carboxylic acids is 1. The van der Waals surface area contributed by atoms with Crippen molar-refractivity contribution in [2.24, 2.45) is 0 Å². The number of nitrogens with zero attached hydrogens (tertiary/aromatic N) is 1. The molecule has 0 saturated carbocycles. The van der Waals surface area contributed by atoms with Crippen LogP contribution in [0.2, 0.25) is 0 Å². The molecule has 120 valence electrons. The standard InChI is InChI=1S/C14H18N2O6/c1-2-3-4-12(13(17)18)15-14(19)22-9-10-5-7-11(8-6-10)16(20)21/h5-8,12H,2-4,9H2,1H3,(H,15,19)(H,17,18)/t12-/m1/s1. The summed E-state index contributed by atoms with van der Waals surface area (Å²) in [6.07, 6.45) is 1.00. The number of alkyl carbamates (subject to hydrolysis) is 1. The molecule has 0 unspecified atom stereocenters. The molecule has 22 heavy (non-hydrogen) atoms. The summed E-state index contributed by atoms with van der Waals surface area (Å²) in [6, 6.07) is 4.56. The van der Waals surface area contributed by atoms with Gasteiger partial charge in [0, 0.05) is 12.1 Å². The maximum atomic E-state index is 11.6. The highest BCUT2D eigenvalue weighted by Crippen LogP contribution is 2.12. The van der Waals surface area contributed by atoms with Gasteiger partial charge in [-0.15, -0.1) is 0 Å². The zero-order valence-corrected chi connectivity index (χ0v) is 12.2. The number of benzene rings is 1. The van der Waals surface area contributed by atoms with Crippen LogP contribution in [0.3, 0.4) is 0 Å². The predicted molar refractivity (Wildman–Crippen MR) is 77.4 cm³/mol. The van der Waals surface area contributed by atoms with E-state index < -0.39 is 23.0 Å². The Balaban J connectivity index is 2.47. The van der Waals surface area contributed by atoms with Gasteiger partial charge in [-0.3, -0.25) is 10.1 Å². The molecule has 0 aliphatic heterocycles. The number of carbonyl (C=O) groups excluding carboxylic acids is 1. The van der Waals surface area contributed by atoms with E-state index in [1.54, 1.807) is 0 Å². The molecule has 0 aliphatic rings. The van der Waals surface area contributed by atoms with Gasteiger partial charge in [0.1, 0.15) is 12.6 Å². The number of hydrogen-bond acceptors (Lipinski definition) is 5. The molecule has 1 amide bonds. The largest absolute Gasteiger partial charge is 0.480 e. The summed E-state index contributed by atoms with van der Waals surface area (Å²) in [5.74, 6) is -1.11. The Morgan fingerprint density at radius 3 is 2.50 bits per heavy atom. The first-order chi connectivity index (χ1) is 10.4. The maximum absolute atomic E-state index is 11.6. The van der Waals surface area contributed by atoms with Crippen molar-refractivity contribution in [3.05, 3.63) is 39.9 Å². The van der Waals surface area contributed by atoms with Crippen LogP contribution in [0.25, 0.3) is 0 Å². The molecular formula is C14H18N2O6. The number of hydrogen-bond donors (Lipinski definition) is 2. The van der Waals surface area contributed by atoms with Gasteiger partial charge in [0.2, 0.25) is 0 Å². The van der Waals surface area contributed by atoms with Gasteiger partial charge in [-0.05, 0) is 24.1 Å².